The van der Waals surface area contributed by atoms with E-state index in [2.05, 4.69) is 20.9 Å². The van der Waals surface area contributed by atoms with Crippen LogP contribution in [0.2, 0.25) is 0 Å². The Balaban J connectivity index is 3.12. The Labute approximate surface area is 109 Å². The van der Waals surface area contributed by atoms with Crippen molar-refractivity contribution in [3.05, 3.63) is 34.1 Å². The van der Waals surface area contributed by atoms with Gasteiger partial charge in [0.1, 0.15) is 5.82 Å². The highest BCUT2D eigenvalue weighted by Gasteiger charge is 2.21. The van der Waals surface area contributed by atoms with E-state index in [9.17, 15) is 9.18 Å². The van der Waals surface area contributed by atoms with Gasteiger partial charge in [-0.3, -0.25) is 4.79 Å². The molecule has 0 unspecified atom stereocenters. The summed E-state index contributed by atoms with van der Waals surface area (Å²) in [4.78, 5) is 15.7. The summed E-state index contributed by atoms with van der Waals surface area (Å²) in [5.74, 6) is -0.634. The zero-order valence-corrected chi connectivity index (χ0v) is 11.9. The van der Waals surface area contributed by atoms with Crippen molar-refractivity contribution < 1.29 is 9.18 Å². The second-order valence-electron chi connectivity index (χ2n) is 4.88. The van der Waals surface area contributed by atoms with E-state index in [4.69, 9.17) is 0 Å². The average Bonchev–Trinajstić information content (AvgIpc) is 2.20. The lowest BCUT2D eigenvalue weighted by molar-refractivity contribution is -0.124. The fourth-order valence-corrected chi connectivity index (χ4v) is 1.52. The van der Waals surface area contributed by atoms with Crippen molar-refractivity contribution in [2.24, 2.45) is 10.4 Å². The van der Waals surface area contributed by atoms with Crippen molar-refractivity contribution in [3.63, 3.8) is 0 Å². The van der Waals surface area contributed by atoms with E-state index in [1.165, 1.54) is 6.07 Å². The zero-order valence-electron chi connectivity index (χ0n) is 10.3. The van der Waals surface area contributed by atoms with Crippen molar-refractivity contribution >= 4 is 27.5 Å². The summed E-state index contributed by atoms with van der Waals surface area (Å²) in [7, 11) is 0. The van der Waals surface area contributed by atoms with Crippen LogP contribution in [0.4, 0.5) is 4.39 Å². The first-order chi connectivity index (χ1) is 7.71. The predicted molar refractivity (Wildman–Crippen MR) is 70.8 cm³/mol. The third-order valence-electron chi connectivity index (χ3n) is 2.23. The molecule has 0 radical (unpaired) electrons. The summed E-state index contributed by atoms with van der Waals surface area (Å²) in [5, 5.41) is 0. The van der Waals surface area contributed by atoms with Crippen LogP contribution in [-0.4, -0.2) is 11.6 Å². The van der Waals surface area contributed by atoms with E-state index in [0.717, 1.165) is 4.47 Å². The first-order valence-electron chi connectivity index (χ1n) is 5.27. The van der Waals surface area contributed by atoms with Crippen molar-refractivity contribution in [1.82, 2.24) is 0 Å². The maximum Gasteiger partial charge on any atom is 0.251 e. The Morgan fingerprint density at radius 1 is 1.35 bits per heavy atom. The largest absolute Gasteiger partial charge is 0.272 e. The number of aliphatic imine (C=N–C) groups is 1. The fourth-order valence-electron chi connectivity index (χ4n) is 1.16. The quantitative estimate of drug-likeness (QED) is 0.722. The molecule has 17 heavy (non-hydrogen) atoms. The number of carbonyl (C=O) groups is 1. The number of rotatable bonds is 1. The van der Waals surface area contributed by atoms with Gasteiger partial charge >= 0.3 is 0 Å². The Bertz CT molecular complexity index is 475. The van der Waals surface area contributed by atoms with Crippen LogP contribution in [0.3, 0.4) is 0 Å². The van der Waals surface area contributed by atoms with E-state index in [-0.39, 0.29) is 11.7 Å². The van der Waals surface area contributed by atoms with Gasteiger partial charge in [-0.1, -0.05) is 36.7 Å². The number of benzene rings is 1. The summed E-state index contributed by atoms with van der Waals surface area (Å²) in [5.41, 5.74) is 0.185. The Morgan fingerprint density at radius 2 is 1.94 bits per heavy atom. The lowest BCUT2D eigenvalue weighted by Gasteiger charge is -2.13. The molecular formula is C13H15BrFNO. The molecule has 0 aliphatic rings. The molecule has 2 nitrogen and oxygen atoms in total. The minimum Gasteiger partial charge on any atom is -0.272 e. The Kier molecular flexibility index (Phi) is 4.20. The van der Waals surface area contributed by atoms with E-state index in [1.54, 1.807) is 39.8 Å². The van der Waals surface area contributed by atoms with Crippen molar-refractivity contribution in [2.45, 2.75) is 27.7 Å². The van der Waals surface area contributed by atoms with Gasteiger partial charge in [-0.15, -0.1) is 0 Å². The molecule has 0 saturated heterocycles. The highest BCUT2D eigenvalue weighted by Crippen LogP contribution is 2.19. The summed E-state index contributed by atoms with van der Waals surface area (Å²) in [6.45, 7) is 6.98. The topological polar surface area (TPSA) is 29.4 Å². The van der Waals surface area contributed by atoms with Gasteiger partial charge in [0, 0.05) is 15.5 Å². The zero-order chi connectivity index (χ0) is 13.2. The molecule has 0 aromatic heterocycles. The molecule has 1 aromatic rings. The van der Waals surface area contributed by atoms with Crippen LogP contribution in [0, 0.1) is 11.2 Å². The summed E-state index contributed by atoms with van der Waals surface area (Å²) in [6.07, 6.45) is 0. The van der Waals surface area contributed by atoms with E-state index in [0.29, 0.717) is 11.3 Å². The molecule has 0 aliphatic carbocycles. The molecule has 1 aromatic carbocycles. The first kappa shape index (κ1) is 14.0. The number of hydrogen-bond donors (Lipinski definition) is 0. The number of amides is 1. The Morgan fingerprint density at radius 3 is 2.47 bits per heavy atom. The molecule has 92 valence electrons. The third kappa shape index (κ3) is 3.73. The minimum absolute atomic E-state index is 0.255. The van der Waals surface area contributed by atoms with Crippen molar-refractivity contribution in [3.8, 4) is 0 Å². The van der Waals surface area contributed by atoms with Crippen LogP contribution >= 0.6 is 15.9 Å². The molecule has 4 heteroatoms. The molecule has 0 N–H and O–H groups in total. The van der Waals surface area contributed by atoms with Gasteiger partial charge in [-0.25, -0.2) is 9.38 Å². The SMILES string of the molecule is CC(=NC(=O)C(C)(C)C)c1cc(Br)ccc1F. The summed E-state index contributed by atoms with van der Waals surface area (Å²) < 4.78 is 14.3. The van der Waals surface area contributed by atoms with E-state index in [1.807, 2.05) is 0 Å². The lowest BCUT2D eigenvalue weighted by atomic mass is 9.96. The van der Waals surface area contributed by atoms with Crippen molar-refractivity contribution in [1.29, 1.82) is 0 Å². The second-order valence-corrected chi connectivity index (χ2v) is 5.79. The molecule has 1 amide bonds. The molecular weight excluding hydrogens is 285 g/mol. The average molecular weight is 300 g/mol. The van der Waals surface area contributed by atoms with Crippen molar-refractivity contribution in [2.75, 3.05) is 0 Å². The van der Waals surface area contributed by atoms with Gasteiger partial charge < -0.3 is 0 Å². The fraction of sp³-hybridized carbons (Fsp3) is 0.385. The maximum absolute atomic E-state index is 13.6. The molecule has 0 fully saturated rings. The van der Waals surface area contributed by atoms with E-state index < -0.39 is 5.41 Å². The van der Waals surface area contributed by atoms with Crippen LogP contribution in [0.5, 0.6) is 0 Å². The van der Waals surface area contributed by atoms with Crippen LogP contribution in [0.25, 0.3) is 0 Å². The number of halogens is 2. The van der Waals surface area contributed by atoms with Gasteiger partial charge in [0.2, 0.25) is 0 Å². The number of nitrogens with zero attached hydrogens (tertiary/aromatic N) is 1. The highest BCUT2D eigenvalue weighted by molar-refractivity contribution is 9.10. The number of carbonyl (C=O) groups excluding carboxylic acids is 1. The lowest BCUT2D eigenvalue weighted by Crippen LogP contribution is -2.19. The smallest absolute Gasteiger partial charge is 0.251 e. The summed E-state index contributed by atoms with van der Waals surface area (Å²) >= 11 is 3.26. The highest BCUT2D eigenvalue weighted by atomic mass is 79.9. The van der Waals surface area contributed by atoms with Crippen LogP contribution in [-0.2, 0) is 4.79 Å². The normalized spacial score (nSPS) is 12.7. The first-order valence-corrected chi connectivity index (χ1v) is 6.06. The maximum atomic E-state index is 13.6. The standard InChI is InChI=1S/C13H15BrFNO/c1-8(16-12(17)13(2,3)4)10-7-9(14)5-6-11(10)15/h5-7H,1-4H3. The molecule has 0 aliphatic heterocycles. The molecule has 1 rings (SSSR count). The van der Waals surface area contributed by atoms with Gasteiger partial charge in [0.25, 0.3) is 5.91 Å². The van der Waals surface area contributed by atoms with Gasteiger partial charge in [0.15, 0.2) is 0 Å². The van der Waals surface area contributed by atoms with Gasteiger partial charge in [0.05, 0.1) is 5.71 Å². The van der Waals surface area contributed by atoms with E-state index >= 15 is 0 Å². The van der Waals surface area contributed by atoms with Crippen LogP contribution in [0.15, 0.2) is 27.7 Å². The predicted octanol–water partition coefficient (Wildman–Crippen LogP) is 3.97. The summed E-state index contributed by atoms with van der Waals surface area (Å²) in [6, 6.07) is 4.57. The molecule has 0 spiro atoms. The molecule has 0 bridgehead atoms. The van der Waals surface area contributed by atoms with Gasteiger partial charge in [-0.2, -0.15) is 0 Å². The van der Waals surface area contributed by atoms with Crippen LogP contribution in [0.1, 0.15) is 33.3 Å². The molecule has 0 saturated carbocycles. The minimum atomic E-state index is -0.552. The monoisotopic (exact) mass is 299 g/mol. The Hall–Kier alpha value is -1.03. The van der Waals surface area contributed by atoms with Gasteiger partial charge in [-0.05, 0) is 25.1 Å². The molecule has 0 atom stereocenters. The van der Waals surface area contributed by atoms with Crippen LogP contribution < -0.4 is 0 Å². The second kappa shape index (κ2) is 5.08. The number of hydrogen-bond acceptors (Lipinski definition) is 1. The molecule has 0 heterocycles. The third-order valence-corrected chi connectivity index (χ3v) is 2.72.